The highest BCUT2D eigenvalue weighted by molar-refractivity contribution is 6.02. The summed E-state index contributed by atoms with van der Waals surface area (Å²) in [6, 6.07) is 6.64. The molecule has 2 rings (SSSR count). The number of amides is 2. The number of esters is 1. The van der Waals surface area contributed by atoms with Crippen molar-refractivity contribution in [3.63, 3.8) is 0 Å². The zero-order chi connectivity index (χ0) is 18.9. The van der Waals surface area contributed by atoms with Crippen LogP contribution in [0.4, 0.5) is 5.69 Å². The molecule has 1 aromatic carbocycles. The molecule has 1 aliphatic carbocycles. The normalized spacial score (nSPS) is 13.5. The Bertz CT molecular complexity index is 697. The molecule has 140 valence electrons. The molecule has 1 aliphatic rings. The standard InChI is InChI=1S/C20H26N2O4/c1-15(23)22(13-12-16-8-4-3-5-9-16)14-19(24)21-18-11-7-6-10-17(18)20(25)26-2/h6-8,10-11H,3-5,9,12-14H2,1-2H3,(H,21,24). The van der Waals surface area contributed by atoms with E-state index in [0.29, 0.717) is 12.2 Å². The number of rotatable bonds is 7. The summed E-state index contributed by atoms with van der Waals surface area (Å²) in [5.41, 5.74) is 2.02. The Labute approximate surface area is 154 Å². The number of para-hydroxylation sites is 1. The van der Waals surface area contributed by atoms with E-state index < -0.39 is 5.97 Å². The largest absolute Gasteiger partial charge is 0.465 e. The van der Waals surface area contributed by atoms with Crippen molar-refractivity contribution >= 4 is 23.5 Å². The van der Waals surface area contributed by atoms with Gasteiger partial charge in [0.2, 0.25) is 11.8 Å². The fourth-order valence-electron chi connectivity index (χ4n) is 3.00. The number of nitrogens with one attached hydrogen (secondary N) is 1. The van der Waals surface area contributed by atoms with Crippen LogP contribution in [-0.4, -0.2) is 42.9 Å². The fourth-order valence-corrected chi connectivity index (χ4v) is 3.00. The van der Waals surface area contributed by atoms with Gasteiger partial charge in [0.1, 0.15) is 0 Å². The SMILES string of the molecule is COC(=O)c1ccccc1NC(=O)CN(CCC1=CCCCC1)C(C)=O. The van der Waals surface area contributed by atoms with Crippen molar-refractivity contribution < 1.29 is 19.1 Å². The van der Waals surface area contributed by atoms with Crippen LogP contribution in [0.1, 0.15) is 49.4 Å². The van der Waals surface area contributed by atoms with Crippen molar-refractivity contribution in [2.75, 3.05) is 25.5 Å². The predicted octanol–water partition coefficient (Wildman–Crippen LogP) is 3.15. The molecule has 26 heavy (non-hydrogen) atoms. The maximum atomic E-state index is 12.4. The highest BCUT2D eigenvalue weighted by atomic mass is 16.5. The van der Waals surface area contributed by atoms with Crippen molar-refractivity contribution in [3.8, 4) is 0 Å². The molecule has 0 saturated heterocycles. The summed E-state index contributed by atoms with van der Waals surface area (Å²) in [6.45, 7) is 1.94. The first-order valence-corrected chi connectivity index (χ1v) is 8.92. The molecular formula is C20H26N2O4. The number of anilines is 1. The quantitative estimate of drug-likeness (QED) is 0.600. The summed E-state index contributed by atoms with van der Waals surface area (Å²) in [4.78, 5) is 37.6. The van der Waals surface area contributed by atoms with Crippen LogP contribution in [0.25, 0.3) is 0 Å². The van der Waals surface area contributed by atoms with Crippen LogP contribution >= 0.6 is 0 Å². The van der Waals surface area contributed by atoms with Crippen LogP contribution in [0.15, 0.2) is 35.9 Å². The second-order valence-corrected chi connectivity index (χ2v) is 6.38. The van der Waals surface area contributed by atoms with Crippen molar-refractivity contribution in [1.29, 1.82) is 0 Å². The molecule has 0 atom stereocenters. The number of ether oxygens (including phenoxy) is 1. The summed E-state index contributed by atoms with van der Waals surface area (Å²) in [5, 5.41) is 2.70. The molecule has 0 heterocycles. The Morgan fingerprint density at radius 2 is 1.96 bits per heavy atom. The number of hydrogen-bond donors (Lipinski definition) is 1. The van der Waals surface area contributed by atoms with Crippen LogP contribution in [0.2, 0.25) is 0 Å². The lowest BCUT2D eigenvalue weighted by molar-refractivity contribution is -0.132. The number of carbonyl (C=O) groups is 3. The summed E-state index contributed by atoms with van der Waals surface area (Å²) >= 11 is 0. The number of hydrogen-bond acceptors (Lipinski definition) is 4. The second kappa shape index (κ2) is 9.75. The molecule has 6 heteroatoms. The number of allylic oxidation sites excluding steroid dienone is 1. The first kappa shape index (κ1) is 19.7. The third-order valence-electron chi connectivity index (χ3n) is 4.47. The first-order valence-electron chi connectivity index (χ1n) is 8.92. The van der Waals surface area contributed by atoms with Crippen molar-refractivity contribution in [2.45, 2.75) is 39.0 Å². The maximum absolute atomic E-state index is 12.4. The van der Waals surface area contributed by atoms with Crippen LogP contribution < -0.4 is 5.32 Å². The van der Waals surface area contributed by atoms with E-state index in [-0.39, 0.29) is 23.9 Å². The highest BCUT2D eigenvalue weighted by Crippen LogP contribution is 2.20. The first-order chi connectivity index (χ1) is 12.5. The minimum atomic E-state index is -0.520. The average molecular weight is 358 g/mol. The lowest BCUT2D eigenvalue weighted by atomic mass is 9.97. The summed E-state index contributed by atoms with van der Waals surface area (Å²) < 4.78 is 4.72. The highest BCUT2D eigenvalue weighted by Gasteiger charge is 2.17. The van der Waals surface area contributed by atoms with E-state index in [9.17, 15) is 14.4 Å². The average Bonchev–Trinajstić information content (AvgIpc) is 2.65. The van der Waals surface area contributed by atoms with Gasteiger partial charge in [-0.25, -0.2) is 4.79 Å². The van der Waals surface area contributed by atoms with Crippen LogP contribution in [0, 0.1) is 0 Å². The second-order valence-electron chi connectivity index (χ2n) is 6.38. The third-order valence-corrected chi connectivity index (χ3v) is 4.47. The van der Waals surface area contributed by atoms with E-state index in [1.165, 1.54) is 37.3 Å². The van der Waals surface area contributed by atoms with E-state index in [0.717, 1.165) is 19.3 Å². The monoisotopic (exact) mass is 358 g/mol. The van der Waals surface area contributed by atoms with Gasteiger partial charge in [0.15, 0.2) is 0 Å². The number of carbonyl (C=O) groups excluding carboxylic acids is 3. The van der Waals surface area contributed by atoms with Crippen molar-refractivity contribution in [3.05, 3.63) is 41.5 Å². The Hall–Kier alpha value is -2.63. The molecule has 0 fully saturated rings. The summed E-state index contributed by atoms with van der Waals surface area (Å²) in [5.74, 6) is -0.999. The van der Waals surface area contributed by atoms with Crippen LogP contribution in [-0.2, 0) is 14.3 Å². The van der Waals surface area contributed by atoms with Crippen molar-refractivity contribution in [1.82, 2.24) is 4.90 Å². The van der Waals surface area contributed by atoms with Crippen LogP contribution in [0.5, 0.6) is 0 Å². The number of benzene rings is 1. The molecule has 0 aromatic heterocycles. The maximum Gasteiger partial charge on any atom is 0.339 e. The topological polar surface area (TPSA) is 75.7 Å². The predicted molar refractivity (Wildman–Crippen MR) is 99.8 cm³/mol. The van der Waals surface area contributed by atoms with E-state index >= 15 is 0 Å². The molecule has 0 unspecified atom stereocenters. The van der Waals surface area contributed by atoms with Gasteiger partial charge < -0.3 is 15.0 Å². The zero-order valence-electron chi connectivity index (χ0n) is 15.4. The van der Waals surface area contributed by atoms with Gasteiger partial charge in [0.05, 0.1) is 24.9 Å². The van der Waals surface area contributed by atoms with Gasteiger partial charge in [-0.15, -0.1) is 0 Å². The van der Waals surface area contributed by atoms with Gasteiger partial charge in [0, 0.05) is 13.5 Å². The molecule has 0 radical (unpaired) electrons. The lowest BCUT2D eigenvalue weighted by Crippen LogP contribution is -2.37. The lowest BCUT2D eigenvalue weighted by Gasteiger charge is -2.22. The minimum Gasteiger partial charge on any atom is -0.465 e. The van der Waals surface area contributed by atoms with Gasteiger partial charge in [-0.3, -0.25) is 9.59 Å². The fraction of sp³-hybridized carbons (Fsp3) is 0.450. The van der Waals surface area contributed by atoms with E-state index in [1.54, 1.807) is 24.3 Å². The van der Waals surface area contributed by atoms with Gasteiger partial charge in [0.25, 0.3) is 0 Å². The summed E-state index contributed by atoms with van der Waals surface area (Å²) in [6.07, 6.45) is 7.63. The Morgan fingerprint density at radius 3 is 2.62 bits per heavy atom. The number of nitrogens with zero attached hydrogens (tertiary/aromatic N) is 1. The molecule has 1 N–H and O–H groups in total. The molecule has 1 aromatic rings. The number of methoxy groups -OCH3 is 1. The third kappa shape index (κ3) is 5.72. The molecule has 0 spiro atoms. The van der Waals surface area contributed by atoms with Crippen LogP contribution in [0.3, 0.4) is 0 Å². The molecular weight excluding hydrogens is 332 g/mol. The van der Waals surface area contributed by atoms with E-state index in [4.69, 9.17) is 4.74 Å². The molecule has 6 nitrogen and oxygen atoms in total. The Morgan fingerprint density at radius 1 is 1.19 bits per heavy atom. The van der Waals surface area contributed by atoms with E-state index in [2.05, 4.69) is 11.4 Å². The zero-order valence-corrected chi connectivity index (χ0v) is 15.4. The van der Waals surface area contributed by atoms with Crippen molar-refractivity contribution in [2.24, 2.45) is 0 Å². The molecule has 2 amide bonds. The summed E-state index contributed by atoms with van der Waals surface area (Å²) in [7, 11) is 1.29. The Balaban J connectivity index is 1.96. The van der Waals surface area contributed by atoms with Gasteiger partial charge >= 0.3 is 5.97 Å². The van der Waals surface area contributed by atoms with Gasteiger partial charge in [-0.05, 0) is 44.2 Å². The molecule has 0 aliphatic heterocycles. The van der Waals surface area contributed by atoms with Gasteiger partial charge in [-0.2, -0.15) is 0 Å². The van der Waals surface area contributed by atoms with E-state index in [1.807, 2.05) is 0 Å². The van der Waals surface area contributed by atoms with Gasteiger partial charge in [-0.1, -0.05) is 23.8 Å². The minimum absolute atomic E-state index is 0.0435. The molecule has 0 bridgehead atoms. The smallest absolute Gasteiger partial charge is 0.339 e. The molecule has 0 saturated carbocycles. The Kier molecular flexibility index (Phi) is 7.38.